The van der Waals surface area contributed by atoms with Crippen LogP contribution in [0.25, 0.3) is 0 Å². The van der Waals surface area contributed by atoms with Crippen LogP contribution in [0.2, 0.25) is 0 Å². The highest BCUT2D eigenvalue weighted by atomic mass is 32.2. The minimum atomic E-state index is -0.265. The quantitative estimate of drug-likeness (QED) is 0.669. The third-order valence-electron chi connectivity index (χ3n) is 3.29. The third-order valence-corrected chi connectivity index (χ3v) is 3.87. The molecule has 0 aromatic heterocycles. The molecular weight excluding hydrogens is 296 g/mol. The fourth-order valence-corrected chi connectivity index (χ4v) is 2.43. The number of hydrogen-bond acceptors (Lipinski definition) is 4. The molecule has 1 atom stereocenters. The lowest BCUT2D eigenvalue weighted by Gasteiger charge is -2.15. The van der Waals surface area contributed by atoms with E-state index in [9.17, 15) is 4.79 Å². The monoisotopic (exact) mass is 312 g/mol. The first kappa shape index (κ1) is 15.9. The summed E-state index contributed by atoms with van der Waals surface area (Å²) in [7, 11) is 1.53. The van der Waals surface area contributed by atoms with Crippen molar-refractivity contribution in [2.24, 2.45) is 0 Å². The van der Waals surface area contributed by atoms with E-state index in [-0.39, 0.29) is 11.8 Å². The van der Waals surface area contributed by atoms with Crippen LogP contribution in [-0.2, 0) is 4.79 Å². The Morgan fingerprint density at radius 1 is 1.27 bits per heavy atom. The zero-order chi connectivity index (χ0) is 15.9. The highest BCUT2D eigenvalue weighted by Gasteiger charge is 2.16. The lowest BCUT2D eigenvalue weighted by atomic mass is 10.0. The van der Waals surface area contributed by atoms with Gasteiger partial charge in [-0.1, -0.05) is 30.3 Å². The predicted octanol–water partition coefficient (Wildman–Crippen LogP) is 4.01. The van der Waals surface area contributed by atoms with Crippen LogP contribution in [0.1, 0.15) is 18.4 Å². The summed E-state index contributed by atoms with van der Waals surface area (Å²) in [6, 6.07) is 14.8. The van der Waals surface area contributed by atoms with Crippen LogP contribution in [0, 0.1) is 10.7 Å². The van der Waals surface area contributed by atoms with E-state index in [4.69, 9.17) is 10.00 Å². The van der Waals surface area contributed by atoms with Gasteiger partial charge in [0.1, 0.15) is 11.2 Å². The molecule has 0 saturated heterocycles. The van der Waals surface area contributed by atoms with E-state index in [2.05, 4.69) is 5.32 Å². The van der Waals surface area contributed by atoms with Crippen LogP contribution in [0.15, 0.2) is 53.4 Å². The van der Waals surface area contributed by atoms with Gasteiger partial charge in [0, 0.05) is 4.90 Å². The topological polar surface area (TPSA) is 62.1 Å². The number of nitrogens with zero attached hydrogens (tertiary/aromatic N) is 1. The number of methoxy groups -OCH3 is 1. The molecule has 0 aliphatic heterocycles. The Labute approximate surface area is 134 Å². The number of carbonyl (C=O) groups is 1. The second kappa shape index (κ2) is 7.53. The maximum atomic E-state index is 12.4. The second-order valence-electron chi connectivity index (χ2n) is 4.68. The fourth-order valence-electron chi connectivity index (χ4n) is 2.03. The highest BCUT2D eigenvalue weighted by Crippen LogP contribution is 2.30. The zero-order valence-electron chi connectivity index (χ0n) is 12.4. The molecule has 0 aliphatic rings. The molecule has 22 heavy (non-hydrogen) atoms. The molecule has 112 valence electrons. The first-order valence-electron chi connectivity index (χ1n) is 6.75. The molecule has 4 nitrogen and oxygen atoms in total. The van der Waals surface area contributed by atoms with Gasteiger partial charge in [-0.2, -0.15) is 5.26 Å². The van der Waals surface area contributed by atoms with E-state index in [1.807, 2.05) is 42.7 Å². The van der Waals surface area contributed by atoms with Crippen molar-refractivity contribution in [1.29, 1.82) is 5.26 Å². The number of anilines is 1. The number of thioether (sulfide) groups is 1. The van der Waals surface area contributed by atoms with E-state index < -0.39 is 0 Å². The smallest absolute Gasteiger partial charge is 0.231 e. The van der Waals surface area contributed by atoms with Gasteiger partial charge in [0.25, 0.3) is 0 Å². The SMILES string of the molecule is COc1cc(SC#N)ccc1NC(=O)C(C)c1ccccc1. The summed E-state index contributed by atoms with van der Waals surface area (Å²) in [6.07, 6.45) is 0. The maximum absolute atomic E-state index is 12.4. The van der Waals surface area contributed by atoms with Crippen LogP contribution in [0.4, 0.5) is 5.69 Å². The van der Waals surface area contributed by atoms with Crippen LogP contribution < -0.4 is 10.1 Å². The summed E-state index contributed by atoms with van der Waals surface area (Å²) >= 11 is 1.05. The third kappa shape index (κ3) is 3.80. The molecule has 0 radical (unpaired) electrons. The number of amides is 1. The molecule has 2 rings (SSSR count). The van der Waals surface area contributed by atoms with Crippen molar-refractivity contribution in [3.05, 3.63) is 54.1 Å². The van der Waals surface area contributed by atoms with Gasteiger partial charge in [-0.3, -0.25) is 4.79 Å². The first-order valence-corrected chi connectivity index (χ1v) is 7.57. The van der Waals surface area contributed by atoms with Crippen molar-refractivity contribution in [2.45, 2.75) is 17.7 Å². The summed E-state index contributed by atoms with van der Waals surface area (Å²) in [5.41, 5.74) is 1.55. The van der Waals surface area contributed by atoms with E-state index >= 15 is 0 Å². The lowest BCUT2D eigenvalue weighted by Crippen LogP contribution is -2.19. The van der Waals surface area contributed by atoms with Crippen molar-refractivity contribution in [3.63, 3.8) is 0 Å². The molecular formula is C17H16N2O2S. The number of nitriles is 1. The van der Waals surface area contributed by atoms with Crippen molar-refractivity contribution in [1.82, 2.24) is 0 Å². The molecule has 1 unspecified atom stereocenters. The molecule has 5 heteroatoms. The predicted molar refractivity (Wildman–Crippen MR) is 88.0 cm³/mol. The average Bonchev–Trinajstić information content (AvgIpc) is 2.56. The van der Waals surface area contributed by atoms with Gasteiger partial charge in [-0.05, 0) is 42.4 Å². The molecule has 1 N–H and O–H groups in total. The summed E-state index contributed by atoms with van der Waals surface area (Å²) in [4.78, 5) is 13.1. The molecule has 0 aliphatic carbocycles. The largest absolute Gasteiger partial charge is 0.495 e. The fraction of sp³-hybridized carbons (Fsp3) is 0.176. The minimum absolute atomic E-state index is 0.106. The number of carbonyl (C=O) groups excluding carboxylic acids is 1. The average molecular weight is 312 g/mol. The number of rotatable bonds is 5. The molecule has 0 spiro atoms. The van der Waals surface area contributed by atoms with Crippen molar-refractivity contribution < 1.29 is 9.53 Å². The number of ether oxygens (including phenoxy) is 1. The van der Waals surface area contributed by atoms with E-state index in [0.29, 0.717) is 11.4 Å². The van der Waals surface area contributed by atoms with Gasteiger partial charge >= 0.3 is 0 Å². The van der Waals surface area contributed by atoms with Crippen LogP contribution >= 0.6 is 11.8 Å². The molecule has 1 amide bonds. The molecule has 0 saturated carbocycles. The number of thiocyanates is 1. The van der Waals surface area contributed by atoms with Crippen molar-refractivity contribution in [3.8, 4) is 11.2 Å². The van der Waals surface area contributed by atoms with E-state index in [1.54, 1.807) is 18.2 Å². The molecule has 2 aromatic carbocycles. The van der Waals surface area contributed by atoms with Gasteiger partial charge in [-0.15, -0.1) is 0 Å². The maximum Gasteiger partial charge on any atom is 0.231 e. The molecule has 0 bridgehead atoms. The summed E-state index contributed by atoms with van der Waals surface area (Å²) in [6.45, 7) is 1.86. The first-order chi connectivity index (χ1) is 10.7. The van der Waals surface area contributed by atoms with Gasteiger partial charge in [0.2, 0.25) is 5.91 Å². The highest BCUT2D eigenvalue weighted by molar-refractivity contribution is 8.03. The Bertz CT molecular complexity index is 696. The Morgan fingerprint density at radius 3 is 2.64 bits per heavy atom. The minimum Gasteiger partial charge on any atom is -0.495 e. The molecule has 0 heterocycles. The van der Waals surface area contributed by atoms with Crippen LogP contribution in [0.3, 0.4) is 0 Å². The zero-order valence-corrected chi connectivity index (χ0v) is 13.2. The Hall–Kier alpha value is -2.45. The summed E-state index contributed by atoms with van der Waals surface area (Å²) < 4.78 is 5.28. The van der Waals surface area contributed by atoms with Gasteiger partial charge in [0.05, 0.1) is 18.7 Å². The lowest BCUT2D eigenvalue weighted by molar-refractivity contribution is -0.117. The Balaban J connectivity index is 2.16. The number of benzene rings is 2. The molecule has 2 aromatic rings. The van der Waals surface area contributed by atoms with Crippen molar-refractivity contribution in [2.75, 3.05) is 12.4 Å². The Morgan fingerprint density at radius 2 is 2.00 bits per heavy atom. The van der Waals surface area contributed by atoms with E-state index in [0.717, 1.165) is 22.2 Å². The van der Waals surface area contributed by atoms with Gasteiger partial charge in [-0.25, -0.2) is 0 Å². The number of hydrogen-bond donors (Lipinski definition) is 1. The van der Waals surface area contributed by atoms with Crippen LogP contribution in [0.5, 0.6) is 5.75 Å². The van der Waals surface area contributed by atoms with E-state index in [1.165, 1.54) is 7.11 Å². The standard InChI is InChI=1S/C17H16N2O2S/c1-12(13-6-4-3-5-7-13)17(20)19-15-9-8-14(22-11-18)10-16(15)21-2/h3-10,12H,1-2H3,(H,19,20). The van der Waals surface area contributed by atoms with Crippen molar-refractivity contribution >= 4 is 23.4 Å². The summed E-state index contributed by atoms with van der Waals surface area (Å²) in [5.74, 6) is 0.165. The summed E-state index contributed by atoms with van der Waals surface area (Å²) in [5, 5.41) is 13.6. The van der Waals surface area contributed by atoms with Gasteiger partial charge < -0.3 is 10.1 Å². The Kier molecular flexibility index (Phi) is 5.45. The molecule has 0 fully saturated rings. The van der Waals surface area contributed by atoms with Gasteiger partial charge in [0.15, 0.2) is 0 Å². The normalized spacial score (nSPS) is 11.3. The number of nitrogens with one attached hydrogen (secondary N) is 1. The second-order valence-corrected chi connectivity index (χ2v) is 5.54. The van der Waals surface area contributed by atoms with Crippen LogP contribution in [-0.4, -0.2) is 13.0 Å².